The molecule has 1 aliphatic rings. The third kappa shape index (κ3) is 4.14. The first-order valence-corrected chi connectivity index (χ1v) is 6.54. The van der Waals surface area contributed by atoms with Gasteiger partial charge in [0, 0.05) is 11.6 Å². The number of carboxylic acids is 1. The number of nitrogens with one attached hydrogen (secondary N) is 1. The van der Waals surface area contributed by atoms with Crippen LogP contribution in [0.5, 0.6) is 5.75 Å². The van der Waals surface area contributed by atoms with E-state index in [2.05, 4.69) is 10.1 Å². The number of halogens is 2. The molecule has 1 amide bonds. The Labute approximate surface area is 119 Å². The number of rotatable bonds is 5. The summed E-state index contributed by atoms with van der Waals surface area (Å²) in [6, 6.07) is 5.28. The normalized spacial score (nSPS) is 21.3. The molecule has 21 heavy (non-hydrogen) atoms. The number of carbonyl (C=O) groups excluding carboxylic acids is 1. The zero-order valence-electron chi connectivity index (χ0n) is 11.1. The Morgan fingerprint density at radius 1 is 1.33 bits per heavy atom. The van der Waals surface area contributed by atoms with Crippen LogP contribution in [0.3, 0.4) is 0 Å². The molecule has 1 aliphatic carbocycles. The van der Waals surface area contributed by atoms with Gasteiger partial charge in [-0.15, -0.1) is 0 Å². The molecule has 7 heteroatoms. The molecule has 2 atom stereocenters. The van der Waals surface area contributed by atoms with Crippen LogP contribution in [-0.2, 0) is 4.79 Å². The van der Waals surface area contributed by atoms with Gasteiger partial charge >= 0.3 is 12.6 Å². The fraction of sp³-hybridized carbons (Fsp3) is 0.429. The van der Waals surface area contributed by atoms with Crippen molar-refractivity contribution in [3.63, 3.8) is 0 Å². The minimum absolute atomic E-state index is 0.0903. The summed E-state index contributed by atoms with van der Waals surface area (Å²) in [5.74, 6) is -1.82. The SMILES string of the molecule is O=C(NC1CCC(C(=O)O)C1)c1cccc(OC(F)F)c1. The van der Waals surface area contributed by atoms with Crippen molar-refractivity contribution in [2.45, 2.75) is 31.9 Å². The zero-order valence-corrected chi connectivity index (χ0v) is 11.1. The molecule has 0 radical (unpaired) electrons. The molecule has 5 nitrogen and oxygen atoms in total. The van der Waals surface area contributed by atoms with Gasteiger partial charge in [-0.25, -0.2) is 0 Å². The van der Waals surface area contributed by atoms with Gasteiger partial charge in [-0.3, -0.25) is 9.59 Å². The Bertz CT molecular complexity index is 535. The van der Waals surface area contributed by atoms with Crippen LogP contribution >= 0.6 is 0 Å². The van der Waals surface area contributed by atoms with Crippen LogP contribution in [0.4, 0.5) is 8.78 Å². The highest BCUT2D eigenvalue weighted by molar-refractivity contribution is 5.94. The molecule has 1 aromatic carbocycles. The summed E-state index contributed by atoms with van der Waals surface area (Å²) in [5.41, 5.74) is 0.201. The van der Waals surface area contributed by atoms with E-state index in [4.69, 9.17) is 5.11 Å². The van der Waals surface area contributed by atoms with Gasteiger partial charge in [0.25, 0.3) is 5.91 Å². The minimum atomic E-state index is -2.95. The van der Waals surface area contributed by atoms with E-state index in [0.29, 0.717) is 19.3 Å². The molecule has 1 aromatic rings. The third-order valence-corrected chi connectivity index (χ3v) is 3.44. The summed E-state index contributed by atoms with van der Waals surface area (Å²) in [5, 5.41) is 11.6. The number of aliphatic carboxylic acids is 1. The van der Waals surface area contributed by atoms with E-state index < -0.39 is 24.4 Å². The second kappa shape index (κ2) is 6.51. The minimum Gasteiger partial charge on any atom is -0.481 e. The second-order valence-electron chi connectivity index (χ2n) is 4.92. The molecule has 0 saturated heterocycles. The summed E-state index contributed by atoms with van der Waals surface area (Å²) in [7, 11) is 0. The van der Waals surface area contributed by atoms with Gasteiger partial charge in [0.05, 0.1) is 5.92 Å². The van der Waals surface area contributed by atoms with Gasteiger partial charge in [0.1, 0.15) is 5.75 Å². The number of amides is 1. The molecule has 2 unspecified atom stereocenters. The lowest BCUT2D eigenvalue weighted by molar-refractivity contribution is -0.141. The molecule has 0 aliphatic heterocycles. The van der Waals surface area contributed by atoms with Crippen molar-refractivity contribution in [1.29, 1.82) is 0 Å². The van der Waals surface area contributed by atoms with E-state index in [9.17, 15) is 18.4 Å². The van der Waals surface area contributed by atoms with Gasteiger partial charge in [0.15, 0.2) is 0 Å². The first-order chi connectivity index (χ1) is 9.95. The lowest BCUT2D eigenvalue weighted by Crippen LogP contribution is -2.33. The van der Waals surface area contributed by atoms with Crippen molar-refractivity contribution < 1.29 is 28.2 Å². The maximum absolute atomic E-state index is 12.1. The fourth-order valence-corrected chi connectivity index (χ4v) is 2.42. The molecule has 0 bridgehead atoms. The van der Waals surface area contributed by atoms with Crippen molar-refractivity contribution in [2.24, 2.45) is 5.92 Å². The smallest absolute Gasteiger partial charge is 0.387 e. The summed E-state index contributed by atoms with van der Waals surface area (Å²) < 4.78 is 28.5. The monoisotopic (exact) mass is 299 g/mol. The van der Waals surface area contributed by atoms with Crippen molar-refractivity contribution in [3.05, 3.63) is 29.8 Å². The van der Waals surface area contributed by atoms with Gasteiger partial charge < -0.3 is 15.2 Å². The Balaban J connectivity index is 1.96. The number of alkyl halides is 2. The quantitative estimate of drug-likeness (QED) is 0.874. The highest BCUT2D eigenvalue weighted by Gasteiger charge is 2.30. The van der Waals surface area contributed by atoms with Crippen LogP contribution in [-0.4, -0.2) is 29.6 Å². The summed E-state index contributed by atoms with van der Waals surface area (Å²) in [6.07, 6.45) is 1.50. The zero-order chi connectivity index (χ0) is 15.4. The molecule has 114 valence electrons. The molecule has 0 heterocycles. The van der Waals surface area contributed by atoms with Crippen molar-refractivity contribution in [3.8, 4) is 5.75 Å². The molecule has 0 aromatic heterocycles. The molecule has 1 saturated carbocycles. The third-order valence-electron chi connectivity index (χ3n) is 3.44. The van der Waals surface area contributed by atoms with E-state index in [1.165, 1.54) is 24.3 Å². The Morgan fingerprint density at radius 3 is 2.71 bits per heavy atom. The molecule has 2 rings (SSSR count). The predicted molar refractivity (Wildman–Crippen MR) is 69.3 cm³/mol. The average molecular weight is 299 g/mol. The molecule has 1 fully saturated rings. The lowest BCUT2D eigenvalue weighted by atomic mass is 10.1. The summed E-state index contributed by atoms with van der Waals surface area (Å²) in [6.45, 7) is -2.95. The van der Waals surface area contributed by atoms with Crippen LogP contribution in [0.15, 0.2) is 24.3 Å². The van der Waals surface area contributed by atoms with E-state index in [1.54, 1.807) is 0 Å². The van der Waals surface area contributed by atoms with Crippen molar-refractivity contribution in [1.82, 2.24) is 5.32 Å². The highest BCUT2D eigenvalue weighted by atomic mass is 19.3. The number of hydrogen-bond acceptors (Lipinski definition) is 3. The van der Waals surface area contributed by atoms with Gasteiger partial charge in [-0.1, -0.05) is 6.07 Å². The molecule has 2 N–H and O–H groups in total. The molecular weight excluding hydrogens is 284 g/mol. The van der Waals surface area contributed by atoms with Crippen LogP contribution in [0, 0.1) is 5.92 Å². The van der Waals surface area contributed by atoms with Crippen LogP contribution in [0.1, 0.15) is 29.6 Å². The van der Waals surface area contributed by atoms with Crippen LogP contribution < -0.4 is 10.1 Å². The topological polar surface area (TPSA) is 75.6 Å². The van der Waals surface area contributed by atoms with Gasteiger partial charge in [0.2, 0.25) is 0 Å². The highest BCUT2D eigenvalue weighted by Crippen LogP contribution is 2.26. The standard InChI is InChI=1S/C14H15F2NO4/c15-14(16)21-11-3-1-2-8(7-11)12(18)17-10-5-4-9(6-10)13(19)20/h1-3,7,9-10,14H,4-6H2,(H,17,18)(H,19,20). The maximum atomic E-state index is 12.1. The van der Waals surface area contributed by atoms with Crippen LogP contribution in [0.2, 0.25) is 0 Å². The number of benzene rings is 1. The largest absolute Gasteiger partial charge is 0.481 e. The fourth-order valence-electron chi connectivity index (χ4n) is 2.42. The first kappa shape index (κ1) is 15.2. The maximum Gasteiger partial charge on any atom is 0.387 e. The number of hydrogen-bond donors (Lipinski definition) is 2. The van der Waals surface area contributed by atoms with Crippen molar-refractivity contribution >= 4 is 11.9 Å². The lowest BCUT2D eigenvalue weighted by Gasteiger charge is -2.13. The van der Waals surface area contributed by atoms with Crippen molar-refractivity contribution in [2.75, 3.05) is 0 Å². The summed E-state index contributed by atoms with van der Waals surface area (Å²) in [4.78, 5) is 22.9. The number of carboxylic acid groups (broad SMARTS) is 1. The van der Waals surface area contributed by atoms with Gasteiger partial charge in [-0.2, -0.15) is 8.78 Å². The van der Waals surface area contributed by atoms with E-state index in [1.807, 2.05) is 0 Å². The molecule has 0 spiro atoms. The number of carbonyl (C=O) groups is 2. The average Bonchev–Trinajstić information content (AvgIpc) is 2.87. The van der Waals surface area contributed by atoms with Gasteiger partial charge in [-0.05, 0) is 37.5 Å². The second-order valence-corrected chi connectivity index (χ2v) is 4.92. The van der Waals surface area contributed by atoms with Crippen LogP contribution in [0.25, 0.3) is 0 Å². The Morgan fingerprint density at radius 2 is 2.10 bits per heavy atom. The van der Waals surface area contributed by atoms with E-state index in [-0.39, 0.29) is 17.4 Å². The van der Waals surface area contributed by atoms with E-state index >= 15 is 0 Å². The van der Waals surface area contributed by atoms with E-state index in [0.717, 1.165) is 0 Å². The number of ether oxygens (including phenoxy) is 1. The Kier molecular flexibility index (Phi) is 4.72. The molecular formula is C14H15F2NO4. The summed E-state index contributed by atoms with van der Waals surface area (Å²) >= 11 is 0. The Hall–Kier alpha value is -2.18. The first-order valence-electron chi connectivity index (χ1n) is 6.54. The predicted octanol–water partition coefficient (Wildman–Crippen LogP) is 2.27.